The van der Waals surface area contributed by atoms with Gasteiger partial charge in [-0.1, -0.05) is 23.8 Å². The number of amides is 1. The van der Waals surface area contributed by atoms with E-state index in [0.717, 1.165) is 11.8 Å². The van der Waals surface area contributed by atoms with E-state index >= 15 is 0 Å². The zero-order chi connectivity index (χ0) is 24.9. The molecule has 0 aliphatic heterocycles. The van der Waals surface area contributed by atoms with Crippen LogP contribution in [-0.2, 0) is 6.18 Å². The number of halogens is 3. The lowest BCUT2D eigenvalue weighted by Crippen LogP contribution is -2.36. The van der Waals surface area contributed by atoms with E-state index in [1.165, 1.54) is 26.4 Å². The molecule has 11 heteroatoms. The van der Waals surface area contributed by atoms with E-state index in [1.54, 1.807) is 37.3 Å². The Morgan fingerprint density at radius 1 is 1.12 bits per heavy atom. The molecule has 0 aliphatic rings. The lowest BCUT2D eigenvalue weighted by molar-refractivity contribution is -0.143. The summed E-state index contributed by atoms with van der Waals surface area (Å²) in [4.78, 5) is 12.5. The zero-order valence-electron chi connectivity index (χ0n) is 18.7. The lowest BCUT2D eigenvalue weighted by Gasteiger charge is -2.17. The number of nitrogens with one attached hydrogen (secondary N) is 1. The quantitative estimate of drug-likeness (QED) is 0.489. The Morgan fingerprint density at radius 2 is 1.74 bits per heavy atom. The van der Waals surface area contributed by atoms with Crippen molar-refractivity contribution in [3.8, 4) is 22.9 Å². The minimum Gasteiger partial charge on any atom is -0.493 e. The van der Waals surface area contributed by atoms with Crippen molar-refractivity contribution in [2.24, 2.45) is 0 Å². The molecule has 1 heterocycles. The maximum absolute atomic E-state index is 13.8. The summed E-state index contributed by atoms with van der Waals surface area (Å²) in [6.45, 7) is 1.17. The zero-order valence-corrected chi connectivity index (χ0v) is 18.7. The molecule has 0 radical (unpaired) electrons. The SMILES string of the molecule is COc1cccc(OC)c1OCC(O)CNC(=O)c1cnn(-c2ccc(C)cc2)c1C(F)(F)F. The summed E-state index contributed by atoms with van der Waals surface area (Å²) in [7, 11) is 2.88. The number of aryl methyl sites for hydroxylation is 1. The number of benzene rings is 2. The van der Waals surface area contributed by atoms with Crippen molar-refractivity contribution in [1.82, 2.24) is 15.1 Å². The van der Waals surface area contributed by atoms with Crippen molar-refractivity contribution in [2.75, 3.05) is 27.4 Å². The van der Waals surface area contributed by atoms with Gasteiger partial charge in [-0.05, 0) is 31.2 Å². The van der Waals surface area contributed by atoms with E-state index in [1.807, 2.05) is 0 Å². The maximum Gasteiger partial charge on any atom is 0.434 e. The van der Waals surface area contributed by atoms with Crippen LogP contribution in [0.25, 0.3) is 5.69 Å². The van der Waals surface area contributed by atoms with Gasteiger partial charge in [0.15, 0.2) is 17.2 Å². The van der Waals surface area contributed by atoms with Crippen molar-refractivity contribution in [1.29, 1.82) is 0 Å². The van der Waals surface area contributed by atoms with Gasteiger partial charge in [0, 0.05) is 6.54 Å². The van der Waals surface area contributed by atoms with Crippen LogP contribution in [0.15, 0.2) is 48.7 Å². The summed E-state index contributed by atoms with van der Waals surface area (Å²) in [6, 6.07) is 11.2. The number of carbonyl (C=O) groups is 1. The Bertz CT molecular complexity index is 1110. The van der Waals surface area contributed by atoms with Crippen LogP contribution in [0.2, 0.25) is 0 Å². The molecule has 1 aromatic heterocycles. The number of para-hydroxylation sites is 1. The summed E-state index contributed by atoms with van der Waals surface area (Å²) in [5, 5.41) is 16.3. The molecule has 2 aromatic carbocycles. The largest absolute Gasteiger partial charge is 0.493 e. The van der Waals surface area contributed by atoms with Crippen LogP contribution in [0.4, 0.5) is 13.2 Å². The third-order valence-corrected chi connectivity index (χ3v) is 4.86. The molecule has 1 unspecified atom stereocenters. The van der Waals surface area contributed by atoms with E-state index in [-0.39, 0.29) is 24.6 Å². The van der Waals surface area contributed by atoms with E-state index in [0.29, 0.717) is 16.2 Å². The van der Waals surface area contributed by atoms with Crippen LogP contribution in [0.3, 0.4) is 0 Å². The monoisotopic (exact) mass is 479 g/mol. The highest BCUT2D eigenvalue weighted by Crippen LogP contribution is 2.37. The fraction of sp³-hybridized carbons (Fsp3) is 0.304. The third-order valence-electron chi connectivity index (χ3n) is 4.86. The van der Waals surface area contributed by atoms with Crippen molar-refractivity contribution in [2.45, 2.75) is 19.2 Å². The lowest BCUT2D eigenvalue weighted by atomic mass is 10.2. The molecule has 1 atom stereocenters. The smallest absolute Gasteiger partial charge is 0.434 e. The molecule has 0 fully saturated rings. The number of nitrogens with zero attached hydrogens (tertiary/aromatic N) is 2. The molecule has 34 heavy (non-hydrogen) atoms. The highest BCUT2D eigenvalue weighted by molar-refractivity contribution is 5.95. The molecule has 0 saturated carbocycles. The van der Waals surface area contributed by atoms with Crippen LogP contribution >= 0.6 is 0 Å². The van der Waals surface area contributed by atoms with Crippen molar-refractivity contribution >= 4 is 5.91 Å². The third kappa shape index (κ3) is 5.60. The van der Waals surface area contributed by atoms with Crippen LogP contribution < -0.4 is 19.5 Å². The van der Waals surface area contributed by atoms with Gasteiger partial charge in [0.25, 0.3) is 5.91 Å². The predicted octanol–water partition coefficient (Wildman–Crippen LogP) is 3.39. The number of aliphatic hydroxyl groups is 1. The highest BCUT2D eigenvalue weighted by atomic mass is 19.4. The topological polar surface area (TPSA) is 94.8 Å². The van der Waals surface area contributed by atoms with E-state index in [9.17, 15) is 23.1 Å². The molecular formula is C23H24F3N3O5. The Hall–Kier alpha value is -3.73. The van der Waals surface area contributed by atoms with Crippen molar-refractivity contribution in [3.05, 3.63) is 65.5 Å². The number of methoxy groups -OCH3 is 2. The van der Waals surface area contributed by atoms with Gasteiger partial charge in [0.1, 0.15) is 12.7 Å². The van der Waals surface area contributed by atoms with Gasteiger partial charge in [-0.3, -0.25) is 4.79 Å². The molecule has 0 bridgehead atoms. The summed E-state index contributed by atoms with van der Waals surface area (Å²) in [5.41, 5.74) is -0.841. The number of carbonyl (C=O) groups excluding carboxylic acids is 1. The van der Waals surface area contributed by atoms with E-state index < -0.39 is 29.4 Å². The Balaban J connectivity index is 1.70. The number of hydrogen-bond acceptors (Lipinski definition) is 6. The number of hydrogen-bond donors (Lipinski definition) is 2. The summed E-state index contributed by atoms with van der Waals surface area (Å²) in [5.74, 6) is -0.0425. The summed E-state index contributed by atoms with van der Waals surface area (Å²) < 4.78 is 58.0. The fourth-order valence-electron chi connectivity index (χ4n) is 3.17. The Kier molecular flexibility index (Phi) is 7.67. The molecule has 8 nitrogen and oxygen atoms in total. The Labute approximate surface area is 193 Å². The van der Waals surface area contributed by atoms with Crippen molar-refractivity contribution < 1.29 is 37.3 Å². The van der Waals surface area contributed by atoms with Gasteiger partial charge < -0.3 is 24.6 Å². The summed E-state index contributed by atoms with van der Waals surface area (Å²) in [6.07, 6.45) is -5.21. The van der Waals surface area contributed by atoms with Gasteiger partial charge in [-0.15, -0.1) is 0 Å². The second kappa shape index (κ2) is 10.5. The summed E-state index contributed by atoms with van der Waals surface area (Å²) >= 11 is 0. The van der Waals surface area contributed by atoms with Gasteiger partial charge in [0.2, 0.25) is 5.75 Å². The first-order valence-electron chi connectivity index (χ1n) is 10.2. The molecule has 3 aromatic rings. The van der Waals surface area contributed by atoms with Gasteiger partial charge in [-0.2, -0.15) is 18.3 Å². The van der Waals surface area contributed by atoms with Crippen LogP contribution in [-0.4, -0.2) is 54.3 Å². The van der Waals surface area contributed by atoms with Gasteiger partial charge in [-0.25, -0.2) is 4.68 Å². The average Bonchev–Trinajstić information content (AvgIpc) is 3.27. The van der Waals surface area contributed by atoms with Crippen LogP contribution in [0.5, 0.6) is 17.2 Å². The molecule has 0 saturated heterocycles. The molecule has 0 aliphatic carbocycles. The van der Waals surface area contributed by atoms with Crippen LogP contribution in [0, 0.1) is 6.92 Å². The Morgan fingerprint density at radius 3 is 2.29 bits per heavy atom. The first kappa shape index (κ1) is 24.9. The van der Waals surface area contributed by atoms with Crippen LogP contribution in [0.1, 0.15) is 21.6 Å². The number of ether oxygens (including phenoxy) is 3. The second-order valence-electron chi connectivity index (χ2n) is 7.32. The second-order valence-corrected chi connectivity index (χ2v) is 7.32. The number of aromatic nitrogens is 2. The molecule has 2 N–H and O–H groups in total. The number of rotatable bonds is 9. The van der Waals surface area contributed by atoms with Crippen molar-refractivity contribution in [3.63, 3.8) is 0 Å². The minimum absolute atomic E-state index is 0.163. The molecule has 182 valence electrons. The minimum atomic E-state index is -4.84. The normalized spacial score (nSPS) is 12.2. The maximum atomic E-state index is 13.8. The number of alkyl halides is 3. The first-order chi connectivity index (χ1) is 16.2. The molecule has 0 spiro atoms. The molecule has 1 amide bonds. The molecular weight excluding hydrogens is 455 g/mol. The van der Waals surface area contributed by atoms with Gasteiger partial charge >= 0.3 is 6.18 Å². The molecule has 3 rings (SSSR count). The number of aliphatic hydroxyl groups excluding tert-OH is 1. The predicted molar refractivity (Wildman–Crippen MR) is 117 cm³/mol. The van der Waals surface area contributed by atoms with E-state index in [4.69, 9.17) is 14.2 Å². The average molecular weight is 479 g/mol. The fourth-order valence-corrected chi connectivity index (χ4v) is 3.17. The van der Waals surface area contributed by atoms with Gasteiger partial charge in [0.05, 0.1) is 31.7 Å². The first-order valence-corrected chi connectivity index (χ1v) is 10.2. The van der Waals surface area contributed by atoms with E-state index in [2.05, 4.69) is 10.4 Å². The standard InChI is InChI=1S/C23H24F3N3O5/c1-14-7-9-15(10-8-14)29-21(23(24,25)26)17(12-28-29)22(31)27-11-16(30)13-34-20-18(32-2)5-4-6-19(20)33-3/h4-10,12,16,30H,11,13H2,1-3H3,(H,27,31). The highest BCUT2D eigenvalue weighted by Gasteiger charge is 2.40.